The van der Waals surface area contributed by atoms with Crippen LogP contribution >= 0.6 is 31.9 Å². The van der Waals surface area contributed by atoms with Gasteiger partial charge >= 0.3 is 6.09 Å². The molecule has 2 aliphatic rings. The zero-order valence-electron chi connectivity index (χ0n) is 14.2. The number of carbonyl (C=O) groups excluding carboxylic acids is 1. The van der Waals surface area contributed by atoms with E-state index in [0.717, 1.165) is 18.4 Å². The molecule has 1 aromatic carbocycles. The molecule has 24 heavy (non-hydrogen) atoms. The van der Waals surface area contributed by atoms with Crippen molar-refractivity contribution in [2.24, 2.45) is 0 Å². The molecule has 1 amide bonds. The van der Waals surface area contributed by atoms with E-state index in [1.807, 2.05) is 43.9 Å². The van der Waals surface area contributed by atoms with E-state index in [2.05, 4.69) is 44.0 Å². The smallest absolute Gasteiger partial charge is 0.410 e. The Morgan fingerprint density at radius 1 is 1.29 bits per heavy atom. The molecule has 132 valence electrons. The van der Waals surface area contributed by atoms with Crippen molar-refractivity contribution >= 4 is 38.0 Å². The Labute approximate surface area is 160 Å². The fraction of sp³-hybridized carbons (Fsp3) is 0.611. The maximum atomic E-state index is 12.6. The number of halogens is 2. The number of ether oxygens (including phenoxy) is 2. The zero-order chi connectivity index (χ0) is 17.6. The summed E-state index contributed by atoms with van der Waals surface area (Å²) in [7, 11) is 0. The number of amides is 1. The molecule has 3 rings (SSSR count). The van der Waals surface area contributed by atoms with E-state index in [-0.39, 0.29) is 21.0 Å². The molecule has 2 unspecified atom stereocenters. The summed E-state index contributed by atoms with van der Waals surface area (Å²) in [6, 6.07) is 10.1. The van der Waals surface area contributed by atoms with Crippen LogP contribution in [0.5, 0.6) is 0 Å². The summed E-state index contributed by atoms with van der Waals surface area (Å²) >= 11 is 7.42. The molecule has 1 heterocycles. The molecule has 1 saturated carbocycles. The first kappa shape index (κ1) is 18.2. The minimum absolute atomic E-state index is 0.0241. The highest BCUT2D eigenvalue weighted by Gasteiger charge is 2.76. The van der Waals surface area contributed by atoms with E-state index in [0.29, 0.717) is 13.2 Å². The lowest BCUT2D eigenvalue weighted by Gasteiger charge is -2.32. The van der Waals surface area contributed by atoms with Gasteiger partial charge in [0.25, 0.3) is 0 Å². The second-order valence-electron chi connectivity index (χ2n) is 7.51. The Bertz CT molecular complexity index is 614. The Morgan fingerprint density at radius 2 is 1.92 bits per heavy atom. The first-order valence-corrected chi connectivity index (χ1v) is 9.78. The van der Waals surface area contributed by atoms with Gasteiger partial charge in [-0.2, -0.15) is 0 Å². The number of rotatable bonds is 3. The summed E-state index contributed by atoms with van der Waals surface area (Å²) in [6.45, 7) is 6.86. The van der Waals surface area contributed by atoms with Crippen molar-refractivity contribution in [2.75, 3.05) is 6.54 Å². The average molecular weight is 461 g/mol. The largest absolute Gasteiger partial charge is 0.444 e. The molecule has 0 aromatic heterocycles. The molecule has 1 aromatic rings. The lowest BCUT2D eigenvalue weighted by atomic mass is 10.1. The van der Waals surface area contributed by atoms with Gasteiger partial charge in [-0.3, -0.25) is 4.90 Å². The summed E-state index contributed by atoms with van der Waals surface area (Å²) in [6.07, 6.45) is 1.32. The van der Waals surface area contributed by atoms with Gasteiger partial charge in [-0.1, -0.05) is 62.2 Å². The highest BCUT2D eigenvalue weighted by Crippen LogP contribution is 2.67. The number of hydrogen-bond acceptors (Lipinski definition) is 3. The first-order chi connectivity index (χ1) is 11.2. The van der Waals surface area contributed by atoms with Gasteiger partial charge in [0, 0.05) is 13.0 Å². The number of likely N-dealkylation sites (tertiary alicyclic amines) is 1. The van der Waals surface area contributed by atoms with E-state index in [1.54, 1.807) is 0 Å². The van der Waals surface area contributed by atoms with Gasteiger partial charge in [0.1, 0.15) is 8.83 Å². The first-order valence-electron chi connectivity index (χ1n) is 8.20. The van der Waals surface area contributed by atoms with Crippen LogP contribution in [0.2, 0.25) is 0 Å². The van der Waals surface area contributed by atoms with E-state index >= 15 is 0 Å². The molecule has 4 nitrogen and oxygen atoms in total. The molecule has 0 radical (unpaired) electrons. The van der Waals surface area contributed by atoms with E-state index in [4.69, 9.17) is 9.47 Å². The van der Waals surface area contributed by atoms with Crippen molar-refractivity contribution in [1.82, 2.24) is 4.90 Å². The van der Waals surface area contributed by atoms with Gasteiger partial charge in [0.2, 0.25) is 0 Å². The summed E-state index contributed by atoms with van der Waals surface area (Å²) in [5.41, 5.74) is 0.250. The normalized spacial score (nSPS) is 28.2. The van der Waals surface area contributed by atoms with E-state index in [9.17, 15) is 4.79 Å². The van der Waals surface area contributed by atoms with Crippen molar-refractivity contribution in [2.45, 2.75) is 60.7 Å². The monoisotopic (exact) mass is 459 g/mol. The number of hydrogen-bond donors (Lipinski definition) is 0. The summed E-state index contributed by atoms with van der Waals surface area (Å²) < 4.78 is 11.5. The molecular weight excluding hydrogens is 438 g/mol. The maximum Gasteiger partial charge on any atom is 0.410 e. The minimum Gasteiger partial charge on any atom is -0.444 e. The van der Waals surface area contributed by atoms with Gasteiger partial charge in [0.05, 0.1) is 18.2 Å². The maximum absolute atomic E-state index is 12.6. The van der Waals surface area contributed by atoms with Gasteiger partial charge in [-0.15, -0.1) is 0 Å². The van der Waals surface area contributed by atoms with E-state index < -0.39 is 5.60 Å². The van der Waals surface area contributed by atoms with Crippen molar-refractivity contribution in [3.8, 4) is 0 Å². The SMILES string of the molecule is CC(C)(C)OC(=O)N1CCC(OCc2ccccc2)C12CC2(Br)Br. The number of carbonyl (C=O) groups is 1. The highest BCUT2D eigenvalue weighted by atomic mass is 79.9. The number of alkyl halides is 2. The van der Waals surface area contributed by atoms with Crippen LogP contribution < -0.4 is 0 Å². The van der Waals surface area contributed by atoms with Gasteiger partial charge in [0.15, 0.2) is 0 Å². The molecule has 1 saturated heterocycles. The minimum atomic E-state index is -0.503. The van der Waals surface area contributed by atoms with Crippen LogP contribution in [-0.4, -0.2) is 38.0 Å². The molecule has 2 fully saturated rings. The second kappa shape index (κ2) is 6.29. The standard InChI is InChI=1S/C18H23Br2NO3/c1-16(2,3)24-15(22)21-10-9-14(17(21)12-18(17,19)20)23-11-13-7-5-4-6-8-13/h4-8,14H,9-12H2,1-3H3. The molecule has 1 spiro atoms. The third kappa shape index (κ3) is 3.37. The molecule has 0 bridgehead atoms. The average Bonchev–Trinajstić information content (AvgIpc) is 2.87. The Kier molecular flexibility index (Phi) is 4.77. The number of benzene rings is 1. The van der Waals surface area contributed by atoms with Crippen molar-refractivity contribution in [1.29, 1.82) is 0 Å². The van der Waals surface area contributed by atoms with Crippen LogP contribution in [-0.2, 0) is 16.1 Å². The van der Waals surface area contributed by atoms with E-state index in [1.165, 1.54) is 0 Å². The molecule has 1 aliphatic carbocycles. The van der Waals surface area contributed by atoms with Crippen LogP contribution in [0.4, 0.5) is 4.79 Å². The zero-order valence-corrected chi connectivity index (χ0v) is 17.4. The molecular formula is C18H23Br2NO3. The highest BCUT2D eigenvalue weighted by molar-refractivity contribution is 9.25. The van der Waals surface area contributed by atoms with Crippen molar-refractivity contribution < 1.29 is 14.3 Å². The van der Waals surface area contributed by atoms with Crippen LogP contribution in [0, 0.1) is 0 Å². The molecule has 6 heteroatoms. The topological polar surface area (TPSA) is 38.8 Å². The second-order valence-corrected chi connectivity index (χ2v) is 11.3. The van der Waals surface area contributed by atoms with Crippen LogP contribution in [0.3, 0.4) is 0 Å². The van der Waals surface area contributed by atoms with Gasteiger partial charge in [-0.25, -0.2) is 4.79 Å². The van der Waals surface area contributed by atoms with Crippen LogP contribution in [0.25, 0.3) is 0 Å². The van der Waals surface area contributed by atoms with Crippen molar-refractivity contribution in [3.05, 3.63) is 35.9 Å². The summed E-state index contributed by atoms with van der Waals surface area (Å²) in [5.74, 6) is 0. The van der Waals surface area contributed by atoms with Gasteiger partial charge < -0.3 is 9.47 Å². The fourth-order valence-corrected chi connectivity index (χ4v) is 5.15. The molecule has 1 aliphatic heterocycles. The lowest BCUT2D eigenvalue weighted by Crippen LogP contribution is -2.48. The summed E-state index contributed by atoms with van der Waals surface area (Å²) in [5, 5.41) is 0. The predicted octanol–water partition coefficient (Wildman–Crippen LogP) is 4.84. The lowest BCUT2D eigenvalue weighted by molar-refractivity contribution is -0.0119. The quantitative estimate of drug-likeness (QED) is 0.605. The Hall–Kier alpha value is -0.590. The van der Waals surface area contributed by atoms with Crippen LogP contribution in [0.15, 0.2) is 30.3 Å². The third-order valence-electron chi connectivity index (χ3n) is 4.54. The Morgan fingerprint density at radius 3 is 2.46 bits per heavy atom. The third-order valence-corrected chi connectivity index (χ3v) is 6.47. The number of nitrogens with zero attached hydrogens (tertiary/aromatic N) is 1. The molecule has 2 atom stereocenters. The van der Waals surface area contributed by atoms with Gasteiger partial charge in [-0.05, 0) is 32.8 Å². The molecule has 0 N–H and O–H groups in total. The van der Waals surface area contributed by atoms with Crippen LogP contribution in [0.1, 0.15) is 39.2 Å². The summed E-state index contributed by atoms with van der Waals surface area (Å²) in [4.78, 5) is 14.5. The van der Waals surface area contributed by atoms with Crippen molar-refractivity contribution in [3.63, 3.8) is 0 Å². The fourth-order valence-electron chi connectivity index (χ4n) is 3.36. The Balaban J connectivity index is 1.72. The predicted molar refractivity (Wildman–Crippen MR) is 101 cm³/mol.